The molecule has 68 valence electrons. The van der Waals surface area contributed by atoms with Crippen molar-refractivity contribution >= 4 is 5.52 Å². The Kier molecular flexibility index (Phi) is 1.62. The van der Waals surface area contributed by atoms with E-state index in [1.807, 2.05) is 29.2 Å². The molecule has 0 aliphatic carbocycles. The lowest BCUT2D eigenvalue weighted by molar-refractivity contribution is -0.819. The predicted molar refractivity (Wildman–Crippen MR) is 50.4 cm³/mol. The van der Waals surface area contributed by atoms with Crippen LogP contribution in [0.2, 0.25) is 0 Å². The van der Waals surface area contributed by atoms with Crippen molar-refractivity contribution in [2.75, 3.05) is 0 Å². The Morgan fingerprint density at radius 2 is 2.08 bits per heavy atom. The first kappa shape index (κ1) is 8.23. The maximum atomic E-state index is 4.26. The molecule has 0 spiro atoms. The molecule has 0 N–H and O–H groups in total. The molecule has 2 aromatic rings. The highest BCUT2D eigenvalue weighted by Crippen LogP contribution is 2.04. The highest BCUT2D eigenvalue weighted by molar-refractivity contribution is 5.41. The lowest BCUT2D eigenvalue weighted by Crippen LogP contribution is -2.55. The van der Waals surface area contributed by atoms with E-state index in [4.69, 9.17) is 0 Å². The molecule has 0 aliphatic heterocycles. The molecular weight excluding hydrogens is 162 g/mol. The van der Waals surface area contributed by atoms with Crippen molar-refractivity contribution in [2.24, 2.45) is 0 Å². The number of aromatic nitrogens is 3. The van der Waals surface area contributed by atoms with Crippen LogP contribution in [0, 0.1) is 0 Å². The third-order valence-corrected chi connectivity index (χ3v) is 2.04. The third-order valence-electron chi connectivity index (χ3n) is 2.04. The van der Waals surface area contributed by atoms with Crippen LogP contribution in [0.25, 0.3) is 5.52 Å². The number of fused-ring (bicyclic) bond motifs is 1. The van der Waals surface area contributed by atoms with Gasteiger partial charge in [0.2, 0.25) is 0 Å². The molecule has 0 saturated heterocycles. The molecule has 2 rings (SSSR count). The summed E-state index contributed by atoms with van der Waals surface area (Å²) in [4.78, 5) is 0. The average Bonchev–Trinajstić information content (AvgIpc) is 2.48. The van der Waals surface area contributed by atoms with E-state index < -0.39 is 0 Å². The molecule has 0 unspecified atom stereocenters. The van der Waals surface area contributed by atoms with Gasteiger partial charge in [-0.2, -0.15) is 4.68 Å². The van der Waals surface area contributed by atoms with Crippen LogP contribution in [-0.2, 0) is 5.54 Å². The van der Waals surface area contributed by atoms with Gasteiger partial charge in [0, 0.05) is 11.2 Å². The molecule has 0 aliphatic rings. The van der Waals surface area contributed by atoms with E-state index in [-0.39, 0.29) is 5.54 Å². The van der Waals surface area contributed by atoms with Gasteiger partial charge in [-0.05, 0) is 37.5 Å². The van der Waals surface area contributed by atoms with Crippen LogP contribution in [-0.4, -0.2) is 9.73 Å². The van der Waals surface area contributed by atoms with E-state index in [0.717, 1.165) is 5.52 Å². The Morgan fingerprint density at radius 3 is 2.77 bits per heavy atom. The fourth-order valence-corrected chi connectivity index (χ4v) is 1.40. The van der Waals surface area contributed by atoms with Crippen LogP contribution in [0.5, 0.6) is 0 Å². The zero-order valence-corrected chi connectivity index (χ0v) is 8.23. The highest BCUT2D eigenvalue weighted by Gasteiger charge is 2.21. The highest BCUT2D eigenvalue weighted by atomic mass is 15.5. The molecule has 13 heavy (non-hydrogen) atoms. The Balaban J connectivity index is 2.75. The van der Waals surface area contributed by atoms with E-state index in [1.54, 1.807) is 0 Å². The van der Waals surface area contributed by atoms with Gasteiger partial charge in [0.15, 0.2) is 6.20 Å². The van der Waals surface area contributed by atoms with Gasteiger partial charge in [0.25, 0.3) is 0 Å². The van der Waals surface area contributed by atoms with Gasteiger partial charge < -0.3 is 0 Å². The normalized spacial score (nSPS) is 12.2. The number of hydrogen-bond acceptors (Lipinski definition) is 1. The fourth-order valence-electron chi connectivity index (χ4n) is 1.40. The quantitative estimate of drug-likeness (QED) is 0.555. The van der Waals surface area contributed by atoms with Crippen molar-refractivity contribution in [1.82, 2.24) is 9.73 Å². The summed E-state index contributed by atoms with van der Waals surface area (Å²) >= 11 is 0. The van der Waals surface area contributed by atoms with E-state index in [1.165, 1.54) is 0 Å². The van der Waals surface area contributed by atoms with Crippen LogP contribution in [0.3, 0.4) is 0 Å². The van der Waals surface area contributed by atoms with Crippen molar-refractivity contribution in [1.29, 1.82) is 0 Å². The molecule has 2 aromatic heterocycles. The van der Waals surface area contributed by atoms with Gasteiger partial charge in [-0.3, -0.25) is 0 Å². The monoisotopic (exact) mass is 176 g/mol. The maximum Gasteiger partial charge on any atom is 0.168 e. The Bertz CT molecular complexity index is 423. The third kappa shape index (κ3) is 1.30. The van der Waals surface area contributed by atoms with Crippen molar-refractivity contribution < 1.29 is 4.68 Å². The first-order chi connectivity index (χ1) is 6.09. The molecule has 3 nitrogen and oxygen atoms in total. The lowest BCUT2D eigenvalue weighted by Gasteiger charge is -2.15. The number of rotatable bonds is 0. The van der Waals surface area contributed by atoms with Gasteiger partial charge in [-0.1, -0.05) is 0 Å². The maximum absolute atomic E-state index is 4.26. The molecule has 0 amide bonds. The van der Waals surface area contributed by atoms with Crippen LogP contribution >= 0.6 is 0 Å². The fraction of sp³-hybridized carbons (Fsp3) is 0.400. The molecule has 0 bridgehead atoms. The molecule has 2 heterocycles. The largest absolute Gasteiger partial charge is 0.168 e. The Labute approximate surface area is 77.6 Å². The van der Waals surface area contributed by atoms with Gasteiger partial charge in [-0.15, -0.1) is 0 Å². The van der Waals surface area contributed by atoms with Crippen molar-refractivity contribution in [2.45, 2.75) is 26.3 Å². The second-order valence-electron chi connectivity index (χ2n) is 4.17. The van der Waals surface area contributed by atoms with Crippen LogP contribution in [0.1, 0.15) is 20.8 Å². The van der Waals surface area contributed by atoms with Crippen molar-refractivity contribution in [3.63, 3.8) is 0 Å². The molecule has 0 fully saturated rings. The summed E-state index contributed by atoms with van der Waals surface area (Å²) in [6.07, 6.45) is 3.86. The van der Waals surface area contributed by atoms with Gasteiger partial charge in [-0.25, -0.2) is 0 Å². The van der Waals surface area contributed by atoms with Gasteiger partial charge in [0.1, 0.15) is 17.3 Å². The minimum Gasteiger partial charge on any atom is -0.155 e. The molecule has 0 atom stereocenters. The first-order valence-corrected chi connectivity index (χ1v) is 4.44. The summed E-state index contributed by atoms with van der Waals surface area (Å²) in [5, 5.41) is 4.26. The van der Waals surface area contributed by atoms with Crippen LogP contribution in [0.15, 0.2) is 30.6 Å². The summed E-state index contributed by atoms with van der Waals surface area (Å²) in [5.74, 6) is 0. The zero-order valence-electron chi connectivity index (χ0n) is 8.23. The summed E-state index contributed by atoms with van der Waals surface area (Å²) in [5.41, 5.74) is 1.18. The van der Waals surface area contributed by atoms with Crippen molar-refractivity contribution in [3.8, 4) is 0 Å². The smallest absolute Gasteiger partial charge is 0.155 e. The second-order valence-corrected chi connectivity index (χ2v) is 4.17. The van der Waals surface area contributed by atoms with E-state index in [9.17, 15) is 0 Å². The van der Waals surface area contributed by atoms with E-state index in [0.29, 0.717) is 0 Å². The summed E-state index contributed by atoms with van der Waals surface area (Å²) in [6.45, 7) is 6.48. The lowest BCUT2D eigenvalue weighted by atomic mass is 10.1. The Hall–Kier alpha value is -1.38. The van der Waals surface area contributed by atoms with Gasteiger partial charge >= 0.3 is 0 Å². The topological polar surface area (TPSA) is 21.2 Å². The minimum atomic E-state index is 0.0610. The second kappa shape index (κ2) is 2.55. The van der Waals surface area contributed by atoms with Crippen LogP contribution in [0.4, 0.5) is 0 Å². The summed E-state index contributed by atoms with van der Waals surface area (Å²) in [7, 11) is 0. The molecule has 0 aromatic carbocycles. The number of hydrogen-bond donors (Lipinski definition) is 0. The molecule has 3 heteroatoms. The Morgan fingerprint density at radius 1 is 1.31 bits per heavy atom. The molecule has 0 saturated carbocycles. The van der Waals surface area contributed by atoms with Crippen molar-refractivity contribution in [3.05, 3.63) is 30.6 Å². The molecule has 0 radical (unpaired) electrons. The molecular formula is C10H14N3+. The zero-order chi connectivity index (χ0) is 9.47. The minimum absolute atomic E-state index is 0.0610. The average molecular weight is 176 g/mol. The standard InChI is InChI=1S/C10H14N3/c1-10(2,3)12-8-4-5-9-6-7-11-13(9)12/h4-8H,1-3H3/q+1. The predicted octanol–water partition coefficient (Wildman–Crippen LogP) is 1.38. The van der Waals surface area contributed by atoms with E-state index >= 15 is 0 Å². The van der Waals surface area contributed by atoms with Crippen LogP contribution < -0.4 is 4.68 Å². The SMILES string of the molecule is CC(C)(C)[n+]1cccc2ccnn21. The summed E-state index contributed by atoms with van der Waals surface area (Å²) in [6, 6.07) is 6.10. The van der Waals surface area contributed by atoms with Gasteiger partial charge in [0.05, 0.1) is 0 Å². The summed E-state index contributed by atoms with van der Waals surface area (Å²) < 4.78 is 4.03. The first-order valence-electron chi connectivity index (χ1n) is 4.44. The number of nitrogens with zero attached hydrogens (tertiary/aromatic N) is 3. The van der Waals surface area contributed by atoms with E-state index in [2.05, 4.69) is 36.6 Å².